The predicted octanol–water partition coefficient (Wildman–Crippen LogP) is 7.10. The third kappa shape index (κ3) is 12.0. The SMILES string of the molecule is CCCCCC/C=C/C(=O)C1=C(CC[C@@H](CO[Si](C)(C)C(C)(C)C)OS(C)(=O)=O)CCCC1. The number of allylic oxidation sites excluding steroid dienone is 4. The maximum Gasteiger partial charge on any atom is 0.264 e. The van der Waals surface area contributed by atoms with Gasteiger partial charge in [-0.3, -0.25) is 8.98 Å². The smallest absolute Gasteiger partial charge is 0.264 e. The van der Waals surface area contributed by atoms with Crippen LogP contribution in [0.4, 0.5) is 0 Å². The highest BCUT2D eigenvalue weighted by Gasteiger charge is 2.38. The Hall–Kier alpha value is -0.763. The molecule has 1 atom stereocenters. The van der Waals surface area contributed by atoms with Crippen LogP contribution in [0.3, 0.4) is 0 Å². The number of hydrogen-bond donors (Lipinski definition) is 0. The molecule has 0 aromatic carbocycles. The van der Waals surface area contributed by atoms with Crippen LogP contribution >= 0.6 is 0 Å². The van der Waals surface area contributed by atoms with Crippen LogP contribution in [-0.2, 0) is 23.5 Å². The van der Waals surface area contributed by atoms with Crippen LogP contribution in [0, 0.1) is 0 Å². The molecule has 5 nitrogen and oxygen atoms in total. The van der Waals surface area contributed by atoms with Gasteiger partial charge in [0.1, 0.15) is 0 Å². The molecule has 0 saturated heterocycles. The summed E-state index contributed by atoms with van der Waals surface area (Å²) in [5, 5.41) is 0.0387. The summed E-state index contributed by atoms with van der Waals surface area (Å²) in [7, 11) is -5.61. The van der Waals surface area contributed by atoms with Gasteiger partial charge >= 0.3 is 0 Å². The van der Waals surface area contributed by atoms with E-state index in [4.69, 9.17) is 8.61 Å². The highest BCUT2D eigenvalue weighted by molar-refractivity contribution is 7.86. The summed E-state index contributed by atoms with van der Waals surface area (Å²) in [4.78, 5) is 12.8. The van der Waals surface area contributed by atoms with Crippen molar-refractivity contribution in [1.82, 2.24) is 0 Å². The van der Waals surface area contributed by atoms with Gasteiger partial charge in [0.25, 0.3) is 10.1 Å². The highest BCUT2D eigenvalue weighted by atomic mass is 32.2. The van der Waals surface area contributed by atoms with Crippen molar-refractivity contribution in [3.05, 3.63) is 23.3 Å². The quantitative estimate of drug-likeness (QED) is 0.104. The second-order valence-corrected chi connectivity index (χ2v) is 17.3. The van der Waals surface area contributed by atoms with Crippen molar-refractivity contribution < 1.29 is 21.8 Å². The maximum atomic E-state index is 12.8. The molecule has 0 aliphatic heterocycles. The lowest BCUT2D eigenvalue weighted by atomic mass is 9.86. The first-order valence-electron chi connectivity index (χ1n) is 12.7. The number of carbonyl (C=O) groups is 1. The first kappa shape index (κ1) is 30.3. The number of ketones is 1. The average molecular weight is 501 g/mol. The fraction of sp³-hybridized carbons (Fsp3) is 0.808. The summed E-state index contributed by atoms with van der Waals surface area (Å²) in [6.07, 6.45) is 15.1. The van der Waals surface area contributed by atoms with Crippen molar-refractivity contribution in [2.24, 2.45) is 0 Å². The van der Waals surface area contributed by atoms with Crippen LogP contribution < -0.4 is 0 Å². The van der Waals surface area contributed by atoms with Gasteiger partial charge in [-0.15, -0.1) is 0 Å². The van der Waals surface area contributed by atoms with E-state index in [-0.39, 0.29) is 17.4 Å². The fourth-order valence-electron chi connectivity index (χ4n) is 3.78. The minimum absolute atomic E-state index is 0.0387. The molecule has 0 saturated carbocycles. The van der Waals surface area contributed by atoms with Crippen molar-refractivity contribution in [3.8, 4) is 0 Å². The van der Waals surface area contributed by atoms with E-state index in [1.54, 1.807) is 6.08 Å². The van der Waals surface area contributed by atoms with Crippen LogP contribution in [0.25, 0.3) is 0 Å². The van der Waals surface area contributed by atoms with Gasteiger partial charge in [-0.05, 0) is 81.1 Å². The van der Waals surface area contributed by atoms with E-state index in [0.29, 0.717) is 12.8 Å². The fourth-order valence-corrected chi connectivity index (χ4v) is 5.46. The van der Waals surface area contributed by atoms with Crippen LogP contribution in [0.15, 0.2) is 23.3 Å². The molecule has 192 valence electrons. The normalized spacial score (nSPS) is 17.1. The van der Waals surface area contributed by atoms with Crippen molar-refractivity contribution >= 4 is 24.2 Å². The first-order chi connectivity index (χ1) is 15.3. The zero-order valence-electron chi connectivity index (χ0n) is 22.2. The molecular weight excluding hydrogens is 452 g/mol. The summed E-state index contributed by atoms with van der Waals surface area (Å²) in [6, 6.07) is 0. The minimum Gasteiger partial charge on any atom is -0.414 e. The molecule has 0 heterocycles. The Labute approximate surface area is 204 Å². The first-order valence-corrected chi connectivity index (χ1v) is 17.4. The van der Waals surface area contributed by atoms with Gasteiger partial charge < -0.3 is 4.43 Å². The van der Waals surface area contributed by atoms with Gasteiger partial charge in [0, 0.05) is 0 Å². The van der Waals surface area contributed by atoms with Crippen LogP contribution in [0.5, 0.6) is 0 Å². The van der Waals surface area contributed by atoms with E-state index in [1.165, 1.54) is 19.3 Å². The zero-order valence-corrected chi connectivity index (χ0v) is 24.0. The molecule has 0 aromatic rings. The predicted molar refractivity (Wildman–Crippen MR) is 140 cm³/mol. The van der Waals surface area contributed by atoms with Gasteiger partial charge in [-0.25, -0.2) is 0 Å². The van der Waals surface area contributed by atoms with Crippen LogP contribution in [0.1, 0.15) is 98.3 Å². The van der Waals surface area contributed by atoms with Crippen molar-refractivity contribution in [2.45, 2.75) is 123 Å². The third-order valence-electron chi connectivity index (χ3n) is 6.89. The lowest BCUT2D eigenvalue weighted by Gasteiger charge is -2.37. The van der Waals surface area contributed by atoms with E-state index in [1.807, 2.05) is 6.08 Å². The molecule has 0 bridgehead atoms. The largest absolute Gasteiger partial charge is 0.414 e. The topological polar surface area (TPSA) is 69.7 Å². The standard InChI is InChI=1S/C26H48O5SSi/c1-8-9-10-11-12-13-18-25(27)24-17-15-14-16-22(24)19-20-23(31-32(5,28)29)21-30-33(6,7)26(2,3)4/h13,18,23H,8-12,14-17,19-21H2,1-7H3/b18-13+/t23-/m0/s1. The average Bonchev–Trinajstić information content (AvgIpc) is 2.71. The highest BCUT2D eigenvalue weighted by Crippen LogP contribution is 2.37. The molecule has 0 fully saturated rings. The monoisotopic (exact) mass is 500 g/mol. The molecule has 1 rings (SSSR count). The Kier molecular flexibility index (Phi) is 12.8. The van der Waals surface area contributed by atoms with Gasteiger partial charge in [-0.1, -0.05) is 58.6 Å². The molecule has 33 heavy (non-hydrogen) atoms. The number of hydrogen-bond acceptors (Lipinski definition) is 5. The maximum absolute atomic E-state index is 12.8. The van der Waals surface area contributed by atoms with E-state index < -0.39 is 24.5 Å². The lowest BCUT2D eigenvalue weighted by Crippen LogP contribution is -2.43. The number of carbonyl (C=O) groups excluding carboxylic acids is 1. The molecule has 0 N–H and O–H groups in total. The van der Waals surface area contributed by atoms with Crippen molar-refractivity contribution in [1.29, 1.82) is 0 Å². The third-order valence-corrected chi connectivity index (χ3v) is 12.0. The Balaban J connectivity index is 2.83. The van der Waals surface area contributed by atoms with E-state index in [0.717, 1.165) is 55.9 Å². The summed E-state index contributed by atoms with van der Waals surface area (Å²) in [5.74, 6) is 0.123. The molecule has 0 spiro atoms. The van der Waals surface area contributed by atoms with Gasteiger partial charge in [-0.2, -0.15) is 8.42 Å². The van der Waals surface area contributed by atoms with Crippen LogP contribution in [0.2, 0.25) is 18.1 Å². The zero-order chi connectivity index (χ0) is 25.1. The van der Waals surface area contributed by atoms with Crippen molar-refractivity contribution in [3.63, 3.8) is 0 Å². The van der Waals surface area contributed by atoms with E-state index in [9.17, 15) is 13.2 Å². The molecule has 0 unspecified atom stereocenters. The van der Waals surface area contributed by atoms with Gasteiger partial charge in [0.2, 0.25) is 0 Å². The van der Waals surface area contributed by atoms with E-state index >= 15 is 0 Å². The molecule has 1 aliphatic carbocycles. The molecule has 1 aliphatic rings. The second-order valence-electron chi connectivity index (χ2n) is 10.9. The molecule has 0 aromatic heterocycles. The Morgan fingerprint density at radius 3 is 2.39 bits per heavy atom. The van der Waals surface area contributed by atoms with Crippen molar-refractivity contribution in [2.75, 3.05) is 12.9 Å². The molecule has 0 amide bonds. The number of rotatable bonds is 15. The Bertz CT molecular complexity index is 775. The van der Waals surface area contributed by atoms with Gasteiger partial charge in [0.15, 0.2) is 14.1 Å². The Morgan fingerprint density at radius 1 is 1.12 bits per heavy atom. The minimum atomic E-state index is -3.59. The van der Waals surface area contributed by atoms with Crippen LogP contribution in [-0.4, -0.2) is 41.5 Å². The van der Waals surface area contributed by atoms with E-state index in [2.05, 4.69) is 40.8 Å². The number of unbranched alkanes of at least 4 members (excludes halogenated alkanes) is 4. The summed E-state index contributed by atoms with van der Waals surface area (Å²) < 4.78 is 35.4. The lowest BCUT2D eigenvalue weighted by molar-refractivity contribution is -0.111. The summed E-state index contributed by atoms with van der Waals surface area (Å²) in [5.41, 5.74) is 2.09. The summed E-state index contributed by atoms with van der Waals surface area (Å²) in [6.45, 7) is 13.2. The Morgan fingerprint density at radius 2 is 1.79 bits per heavy atom. The molecular formula is C26H48O5SSi. The van der Waals surface area contributed by atoms with Gasteiger partial charge in [0.05, 0.1) is 19.0 Å². The molecule has 7 heteroatoms. The second kappa shape index (κ2) is 14.0. The molecule has 0 radical (unpaired) electrons. The summed E-state index contributed by atoms with van der Waals surface area (Å²) >= 11 is 0.